The Bertz CT molecular complexity index is 300. The van der Waals surface area contributed by atoms with Crippen LogP contribution in [0.5, 0.6) is 0 Å². The van der Waals surface area contributed by atoms with Gasteiger partial charge in [-0.25, -0.2) is 15.0 Å². The van der Waals surface area contributed by atoms with Crippen molar-refractivity contribution < 1.29 is 4.74 Å². The van der Waals surface area contributed by atoms with Crippen molar-refractivity contribution in [3.63, 3.8) is 0 Å². The number of aromatic nitrogens is 2. The molecule has 0 amide bonds. The SMILES string of the molecule is Nc1nccnc1NN1CCOCC1. The highest BCUT2D eigenvalue weighted by Gasteiger charge is 2.11. The van der Waals surface area contributed by atoms with Gasteiger partial charge >= 0.3 is 0 Å². The summed E-state index contributed by atoms with van der Waals surface area (Å²) in [6.07, 6.45) is 3.18. The van der Waals surface area contributed by atoms with Crippen LogP contribution in [0.25, 0.3) is 0 Å². The van der Waals surface area contributed by atoms with Gasteiger partial charge < -0.3 is 10.5 Å². The highest BCUT2D eigenvalue weighted by molar-refractivity contribution is 5.54. The fourth-order valence-corrected chi connectivity index (χ4v) is 1.26. The first-order chi connectivity index (χ1) is 6.86. The van der Waals surface area contributed by atoms with Crippen LogP contribution in [0.3, 0.4) is 0 Å². The Labute approximate surface area is 82.1 Å². The van der Waals surface area contributed by atoms with Gasteiger partial charge in [0, 0.05) is 25.5 Å². The lowest BCUT2D eigenvalue weighted by Gasteiger charge is -2.27. The Hall–Kier alpha value is -1.40. The Kier molecular flexibility index (Phi) is 2.76. The van der Waals surface area contributed by atoms with E-state index >= 15 is 0 Å². The minimum Gasteiger partial charge on any atom is -0.381 e. The number of morpholine rings is 1. The van der Waals surface area contributed by atoms with E-state index in [-0.39, 0.29) is 0 Å². The van der Waals surface area contributed by atoms with Gasteiger partial charge in [-0.15, -0.1) is 0 Å². The molecule has 1 aliphatic rings. The molecule has 0 unspecified atom stereocenters. The summed E-state index contributed by atoms with van der Waals surface area (Å²) in [7, 11) is 0. The van der Waals surface area contributed by atoms with Gasteiger partial charge in [0.1, 0.15) is 0 Å². The number of nitrogens with zero attached hydrogens (tertiary/aromatic N) is 3. The molecule has 2 rings (SSSR count). The monoisotopic (exact) mass is 195 g/mol. The Morgan fingerprint density at radius 1 is 1.29 bits per heavy atom. The number of nitrogen functional groups attached to an aromatic ring is 1. The van der Waals surface area contributed by atoms with E-state index in [4.69, 9.17) is 10.5 Å². The largest absolute Gasteiger partial charge is 0.381 e. The van der Waals surface area contributed by atoms with Crippen LogP contribution in [0.1, 0.15) is 0 Å². The van der Waals surface area contributed by atoms with Gasteiger partial charge in [-0.2, -0.15) is 0 Å². The van der Waals surface area contributed by atoms with Crippen LogP contribution in [0.15, 0.2) is 12.4 Å². The molecule has 3 N–H and O–H groups in total. The maximum Gasteiger partial charge on any atom is 0.183 e. The number of rotatable bonds is 2. The summed E-state index contributed by atoms with van der Waals surface area (Å²) in [4.78, 5) is 8.03. The summed E-state index contributed by atoms with van der Waals surface area (Å²) >= 11 is 0. The van der Waals surface area contributed by atoms with E-state index < -0.39 is 0 Å². The Morgan fingerprint density at radius 2 is 2.00 bits per heavy atom. The minimum atomic E-state index is 0.416. The van der Waals surface area contributed by atoms with Crippen molar-refractivity contribution in [2.75, 3.05) is 37.5 Å². The molecule has 0 aliphatic carbocycles. The van der Waals surface area contributed by atoms with E-state index in [2.05, 4.69) is 15.4 Å². The van der Waals surface area contributed by atoms with Gasteiger partial charge in [-0.3, -0.25) is 5.43 Å². The van der Waals surface area contributed by atoms with Gasteiger partial charge in [-0.1, -0.05) is 0 Å². The number of hydrogen-bond donors (Lipinski definition) is 2. The van der Waals surface area contributed by atoms with Crippen molar-refractivity contribution >= 4 is 11.6 Å². The third-order valence-corrected chi connectivity index (χ3v) is 2.00. The molecular weight excluding hydrogens is 182 g/mol. The average Bonchev–Trinajstić information content (AvgIpc) is 2.23. The van der Waals surface area contributed by atoms with E-state index in [0.29, 0.717) is 11.6 Å². The maximum atomic E-state index is 5.64. The molecule has 0 aromatic carbocycles. The number of hydrogen-bond acceptors (Lipinski definition) is 6. The number of hydrazine groups is 1. The van der Waals surface area contributed by atoms with E-state index in [9.17, 15) is 0 Å². The zero-order valence-corrected chi connectivity index (χ0v) is 7.81. The fraction of sp³-hybridized carbons (Fsp3) is 0.500. The summed E-state index contributed by atoms with van der Waals surface area (Å²) in [6.45, 7) is 3.12. The summed E-state index contributed by atoms with van der Waals surface area (Å²) in [5, 5.41) is 2.02. The van der Waals surface area contributed by atoms with Crippen molar-refractivity contribution in [2.24, 2.45) is 0 Å². The van der Waals surface area contributed by atoms with Crippen LogP contribution < -0.4 is 11.2 Å². The quantitative estimate of drug-likeness (QED) is 0.675. The topological polar surface area (TPSA) is 76.3 Å². The Morgan fingerprint density at radius 3 is 2.71 bits per heavy atom. The molecule has 6 nitrogen and oxygen atoms in total. The summed E-state index contributed by atoms with van der Waals surface area (Å²) in [6, 6.07) is 0. The molecular formula is C8H13N5O. The van der Waals surface area contributed by atoms with Gasteiger partial charge in [-0.05, 0) is 0 Å². The van der Waals surface area contributed by atoms with Crippen LogP contribution >= 0.6 is 0 Å². The number of anilines is 2. The predicted molar refractivity (Wildman–Crippen MR) is 52.5 cm³/mol. The summed E-state index contributed by atoms with van der Waals surface area (Å²) < 4.78 is 5.22. The van der Waals surface area contributed by atoms with E-state index in [0.717, 1.165) is 26.3 Å². The normalized spacial score (nSPS) is 18.0. The summed E-state index contributed by atoms with van der Waals surface area (Å²) in [5.74, 6) is 1.02. The van der Waals surface area contributed by atoms with Crippen LogP contribution in [0.2, 0.25) is 0 Å². The lowest BCUT2D eigenvalue weighted by Crippen LogP contribution is -2.40. The molecule has 6 heteroatoms. The lowest BCUT2D eigenvalue weighted by atomic mass is 10.5. The minimum absolute atomic E-state index is 0.416. The van der Waals surface area contributed by atoms with Crippen LogP contribution in [-0.2, 0) is 4.74 Å². The van der Waals surface area contributed by atoms with Crippen LogP contribution in [0.4, 0.5) is 11.6 Å². The molecule has 0 spiro atoms. The molecule has 1 aromatic heterocycles. The van der Waals surface area contributed by atoms with Gasteiger partial charge in [0.25, 0.3) is 0 Å². The summed E-state index contributed by atoms with van der Waals surface area (Å²) in [5.41, 5.74) is 8.75. The smallest absolute Gasteiger partial charge is 0.183 e. The Balaban J connectivity index is 1.99. The molecule has 0 atom stereocenters. The van der Waals surface area contributed by atoms with Gasteiger partial charge in [0.15, 0.2) is 11.6 Å². The lowest BCUT2D eigenvalue weighted by molar-refractivity contribution is 0.0495. The molecule has 0 bridgehead atoms. The van der Waals surface area contributed by atoms with Gasteiger partial charge in [0.2, 0.25) is 0 Å². The first-order valence-electron chi connectivity index (χ1n) is 4.52. The number of ether oxygens (including phenoxy) is 1. The molecule has 76 valence electrons. The van der Waals surface area contributed by atoms with Crippen molar-refractivity contribution in [3.05, 3.63) is 12.4 Å². The number of nitrogens with two attached hydrogens (primary N) is 1. The van der Waals surface area contributed by atoms with Crippen molar-refractivity contribution in [3.8, 4) is 0 Å². The molecule has 14 heavy (non-hydrogen) atoms. The fourth-order valence-electron chi connectivity index (χ4n) is 1.26. The van der Waals surface area contributed by atoms with Gasteiger partial charge in [0.05, 0.1) is 13.2 Å². The average molecular weight is 195 g/mol. The molecule has 2 heterocycles. The molecule has 0 saturated carbocycles. The zero-order valence-electron chi connectivity index (χ0n) is 7.81. The molecule has 1 aromatic rings. The molecule has 1 saturated heterocycles. The zero-order chi connectivity index (χ0) is 9.80. The second-order valence-electron chi connectivity index (χ2n) is 3.00. The molecule has 1 aliphatic heterocycles. The standard InChI is InChI=1S/C8H13N5O/c9-7-8(11-2-1-10-7)12-13-3-5-14-6-4-13/h1-2H,3-6H2,(H2,9,10)(H,11,12). The molecule has 0 radical (unpaired) electrons. The third-order valence-electron chi connectivity index (χ3n) is 2.00. The second-order valence-corrected chi connectivity index (χ2v) is 3.00. The van der Waals surface area contributed by atoms with Crippen molar-refractivity contribution in [2.45, 2.75) is 0 Å². The maximum absolute atomic E-state index is 5.64. The van der Waals surface area contributed by atoms with E-state index in [1.54, 1.807) is 12.4 Å². The van der Waals surface area contributed by atoms with E-state index in [1.165, 1.54) is 0 Å². The highest BCUT2D eigenvalue weighted by Crippen LogP contribution is 2.11. The molecule has 1 fully saturated rings. The van der Waals surface area contributed by atoms with Crippen LogP contribution in [-0.4, -0.2) is 41.3 Å². The predicted octanol–water partition coefficient (Wildman–Crippen LogP) is -0.282. The van der Waals surface area contributed by atoms with Crippen molar-refractivity contribution in [1.29, 1.82) is 0 Å². The first-order valence-corrected chi connectivity index (χ1v) is 4.52. The third kappa shape index (κ3) is 2.09. The van der Waals surface area contributed by atoms with Crippen LogP contribution in [0, 0.1) is 0 Å². The first kappa shape index (κ1) is 9.17. The van der Waals surface area contributed by atoms with E-state index in [1.807, 2.05) is 5.01 Å². The highest BCUT2D eigenvalue weighted by atomic mass is 16.5. The van der Waals surface area contributed by atoms with Crippen molar-refractivity contribution in [1.82, 2.24) is 15.0 Å². The second kappa shape index (κ2) is 4.21. The number of nitrogens with one attached hydrogen (secondary N) is 1.